The summed E-state index contributed by atoms with van der Waals surface area (Å²) >= 11 is 0. The smallest absolute Gasteiger partial charge is 0.288 e. The van der Waals surface area contributed by atoms with Gasteiger partial charge in [-0.15, -0.1) is 0 Å². The quantitative estimate of drug-likeness (QED) is 0.435. The van der Waals surface area contributed by atoms with Gasteiger partial charge in [-0.05, 0) is 72.9 Å². The van der Waals surface area contributed by atoms with E-state index in [1.54, 1.807) is 0 Å². The molecule has 3 atom stereocenters. The van der Waals surface area contributed by atoms with Crippen LogP contribution in [0.25, 0.3) is 11.1 Å². The van der Waals surface area contributed by atoms with Crippen LogP contribution in [0.4, 0.5) is 0 Å². The second kappa shape index (κ2) is 11.2. The molecule has 1 fully saturated rings. The number of aliphatic hydroxyl groups excluding tert-OH is 1. The zero-order valence-electron chi connectivity index (χ0n) is 21.6. The molecule has 36 heavy (non-hydrogen) atoms. The van der Waals surface area contributed by atoms with Crippen molar-refractivity contribution in [2.45, 2.75) is 76.5 Å². The molecule has 0 saturated heterocycles. The molecule has 3 aliphatic rings. The van der Waals surface area contributed by atoms with Crippen LogP contribution in [0.5, 0.6) is 0 Å². The number of likely N-dealkylation sites (N-methyl/N-ethyl adjacent to an activating group) is 1. The molecular weight excluding hydrogens is 450 g/mol. The van der Waals surface area contributed by atoms with Gasteiger partial charge in [0.2, 0.25) is 6.29 Å². The predicted molar refractivity (Wildman–Crippen MR) is 141 cm³/mol. The summed E-state index contributed by atoms with van der Waals surface area (Å²) < 4.78 is 12.4. The highest BCUT2D eigenvalue weighted by atomic mass is 16.7. The number of hydrogen-bond donors (Lipinski definition) is 1. The minimum atomic E-state index is -0.519. The number of hydrogen-bond acceptors (Lipinski definition) is 4. The zero-order valence-corrected chi connectivity index (χ0v) is 21.6. The highest BCUT2D eigenvalue weighted by molar-refractivity contribution is 5.92. The van der Waals surface area contributed by atoms with E-state index < -0.39 is 6.29 Å². The van der Waals surface area contributed by atoms with Crippen LogP contribution in [0.3, 0.4) is 0 Å². The van der Waals surface area contributed by atoms with E-state index in [9.17, 15) is 9.90 Å². The summed E-state index contributed by atoms with van der Waals surface area (Å²) in [4.78, 5) is 15.6. The molecule has 0 aromatic heterocycles. The maximum atomic E-state index is 13.7. The predicted octanol–water partition coefficient (Wildman–Crippen LogP) is 5.80. The summed E-state index contributed by atoms with van der Waals surface area (Å²) in [6.07, 6.45) is 9.56. The summed E-state index contributed by atoms with van der Waals surface area (Å²) in [5.74, 6) is 0.349. The Labute approximate surface area is 215 Å². The van der Waals surface area contributed by atoms with Gasteiger partial charge < -0.3 is 19.5 Å². The third kappa shape index (κ3) is 4.83. The minimum Gasteiger partial charge on any atom is -0.459 e. The number of nitrogens with zero attached hydrogens (tertiary/aromatic N) is 1. The molecule has 0 spiro atoms. The van der Waals surface area contributed by atoms with Crippen LogP contribution in [0.1, 0.15) is 74.5 Å². The summed E-state index contributed by atoms with van der Waals surface area (Å²) in [6, 6.07) is 15.4. The van der Waals surface area contributed by atoms with Crippen molar-refractivity contribution in [2.75, 3.05) is 20.3 Å². The van der Waals surface area contributed by atoms with E-state index in [-0.39, 0.29) is 30.4 Å². The first-order valence-corrected chi connectivity index (χ1v) is 13.7. The Kier molecular flexibility index (Phi) is 7.78. The van der Waals surface area contributed by atoms with Gasteiger partial charge in [-0.1, -0.05) is 61.7 Å². The minimum absolute atomic E-state index is 0.0175. The van der Waals surface area contributed by atoms with Gasteiger partial charge in [-0.2, -0.15) is 0 Å². The Hall–Kier alpha value is -2.63. The fraction of sp³-hybridized carbons (Fsp3) is 0.516. The zero-order chi connectivity index (χ0) is 25.1. The Morgan fingerprint density at radius 2 is 1.86 bits per heavy atom. The van der Waals surface area contributed by atoms with Crippen molar-refractivity contribution >= 4 is 5.91 Å². The van der Waals surface area contributed by atoms with Crippen molar-refractivity contribution in [3.8, 4) is 11.1 Å². The highest BCUT2D eigenvalue weighted by Gasteiger charge is 2.40. The van der Waals surface area contributed by atoms with Gasteiger partial charge in [0.05, 0.1) is 0 Å². The van der Waals surface area contributed by atoms with Gasteiger partial charge in [-0.25, -0.2) is 0 Å². The van der Waals surface area contributed by atoms with Gasteiger partial charge in [0.25, 0.3) is 5.91 Å². The molecule has 1 saturated carbocycles. The van der Waals surface area contributed by atoms with E-state index in [4.69, 9.17) is 9.47 Å². The first-order valence-electron chi connectivity index (χ1n) is 13.7. The number of amides is 1. The van der Waals surface area contributed by atoms with Crippen LogP contribution < -0.4 is 0 Å². The van der Waals surface area contributed by atoms with Crippen LogP contribution >= 0.6 is 0 Å². The maximum absolute atomic E-state index is 13.7. The molecule has 0 radical (unpaired) electrons. The van der Waals surface area contributed by atoms with E-state index >= 15 is 0 Å². The average Bonchev–Trinajstić information content (AvgIpc) is 3.31. The van der Waals surface area contributed by atoms with Gasteiger partial charge in [0.15, 0.2) is 5.76 Å². The topological polar surface area (TPSA) is 59.0 Å². The number of fused-ring (bicyclic) bond motifs is 3. The van der Waals surface area contributed by atoms with E-state index in [1.807, 2.05) is 18.9 Å². The molecule has 1 N–H and O–H groups in total. The SMILES string of the molecule is CCO[C@H]1OC(C(=O)N(C)C2CCCCC2)=C[C@@H](c2cccc3c2Cc2ccccc2-3)[C@@H]1CCCO. The molecule has 0 unspecified atom stereocenters. The van der Waals surface area contributed by atoms with E-state index in [2.05, 4.69) is 48.5 Å². The standard InChI is InChI=1S/C31H39NO4/c1-3-35-31-26(17-10-18-33)28(20-29(36-31)30(34)32(2)22-12-5-4-6-13-22)25-16-9-15-24-23-14-8-7-11-21(23)19-27(24)25/h7-9,11,14-16,20,22,26,28,31,33H,3-6,10,12-13,17-19H2,1-2H3/t26-,28-,31-/m0/s1. The molecule has 2 aliphatic carbocycles. The first-order chi connectivity index (χ1) is 17.6. The van der Waals surface area contributed by atoms with Gasteiger partial charge in [-0.3, -0.25) is 4.79 Å². The first kappa shape index (κ1) is 25.0. The third-order valence-corrected chi connectivity index (χ3v) is 8.31. The lowest BCUT2D eigenvalue weighted by atomic mass is 9.78. The fourth-order valence-corrected chi connectivity index (χ4v) is 6.42. The Morgan fingerprint density at radius 1 is 1.08 bits per heavy atom. The molecular formula is C31H39NO4. The second-order valence-corrected chi connectivity index (χ2v) is 10.4. The Balaban J connectivity index is 1.54. The van der Waals surface area contributed by atoms with E-state index in [1.165, 1.54) is 47.1 Å². The lowest BCUT2D eigenvalue weighted by Gasteiger charge is -2.39. The Morgan fingerprint density at radius 3 is 2.64 bits per heavy atom. The fourth-order valence-electron chi connectivity index (χ4n) is 6.42. The molecule has 2 aromatic rings. The van der Waals surface area contributed by atoms with Crippen LogP contribution in [0, 0.1) is 5.92 Å². The van der Waals surface area contributed by atoms with Crippen LogP contribution in [0.2, 0.25) is 0 Å². The van der Waals surface area contributed by atoms with Gasteiger partial charge in [0, 0.05) is 38.1 Å². The second-order valence-electron chi connectivity index (χ2n) is 10.4. The van der Waals surface area contributed by atoms with E-state index in [0.29, 0.717) is 18.8 Å². The molecule has 192 valence electrons. The third-order valence-electron chi connectivity index (χ3n) is 8.31. The summed E-state index contributed by atoms with van der Waals surface area (Å²) in [5.41, 5.74) is 6.50. The van der Waals surface area contributed by atoms with Crippen molar-refractivity contribution in [3.63, 3.8) is 0 Å². The number of allylic oxidation sites excluding steroid dienone is 1. The molecule has 1 amide bonds. The molecule has 5 rings (SSSR count). The lowest BCUT2D eigenvalue weighted by molar-refractivity contribution is -0.170. The van der Waals surface area contributed by atoms with Crippen molar-refractivity contribution < 1.29 is 19.4 Å². The molecule has 0 bridgehead atoms. The summed E-state index contributed by atoms with van der Waals surface area (Å²) in [7, 11) is 1.92. The summed E-state index contributed by atoms with van der Waals surface area (Å²) in [5, 5.41) is 9.64. The number of carbonyl (C=O) groups is 1. The van der Waals surface area contributed by atoms with Crippen molar-refractivity contribution in [3.05, 3.63) is 71.0 Å². The van der Waals surface area contributed by atoms with Gasteiger partial charge >= 0.3 is 0 Å². The van der Waals surface area contributed by atoms with Crippen LogP contribution in [0.15, 0.2) is 54.3 Å². The Bertz CT molecular complexity index is 1100. The molecule has 1 heterocycles. The maximum Gasteiger partial charge on any atom is 0.288 e. The van der Waals surface area contributed by atoms with Crippen LogP contribution in [-0.4, -0.2) is 48.5 Å². The average molecular weight is 490 g/mol. The lowest BCUT2D eigenvalue weighted by Crippen LogP contribution is -2.43. The largest absolute Gasteiger partial charge is 0.459 e. The number of ether oxygens (including phenoxy) is 2. The summed E-state index contributed by atoms with van der Waals surface area (Å²) in [6.45, 7) is 2.60. The van der Waals surface area contributed by atoms with E-state index in [0.717, 1.165) is 25.7 Å². The number of benzene rings is 2. The van der Waals surface area contributed by atoms with Gasteiger partial charge in [0.1, 0.15) is 0 Å². The molecule has 5 heteroatoms. The monoisotopic (exact) mass is 489 g/mol. The molecule has 1 aliphatic heterocycles. The van der Waals surface area contributed by atoms with Crippen molar-refractivity contribution in [2.24, 2.45) is 5.92 Å². The molecule has 2 aromatic carbocycles. The normalized spacial score (nSPS) is 23.4. The number of carbonyl (C=O) groups excluding carboxylic acids is 1. The van der Waals surface area contributed by atoms with Crippen molar-refractivity contribution in [1.82, 2.24) is 4.90 Å². The van der Waals surface area contributed by atoms with Crippen LogP contribution in [-0.2, 0) is 20.7 Å². The highest BCUT2D eigenvalue weighted by Crippen LogP contribution is 2.46. The van der Waals surface area contributed by atoms with Crippen molar-refractivity contribution in [1.29, 1.82) is 0 Å². The number of aliphatic hydroxyl groups is 1. The molecule has 5 nitrogen and oxygen atoms in total. The number of rotatable bonds is 8.